The number of ether oxygens (including phenoxy) is 1. The van der Waals surface area contributed by atoms with Crippen molar-refractivity contribution in [3.05, 3.63) is 18.2 Å². The van der Waals surface area contributed by atoms with E-state index in [4.69, 9.17) is 15.6 Å². The number of carbonyl (C=O) groups is 1. The number of rotatable bonds is 4. The molecule has 0 heterocycles. The molecule has 1 atom stereocenters. The summed E-state index contributed by atoms with van der Waals surface area (Å²) in [5.74, 6) is -0.989. The lowest BCUT2D eigenvalue weighted by molar-refractivity contribution is -0.145. The van der Waals surface area contributed by atoms with Crippen LogP contribution in [-0.2, 0) is 4.79 Å². The molecule has 0 saturated heterocycles. The predicted octanol–water partition coefficient (Wildman–Crippen LogP) is 1.22. The molecule has 1 rings (SSSR count). The van der Waals surface area contributed by atoms with Gasteiger partial charge < -0.3 is 20.7 Å². The molecule has 0 aliphatic rings. The van der Waals surface area contributed by atoms with Crippen LogP contribution >= 0.6 is 0 Å². The van der Waals surface area contributed by atoms with E-state index >= 15 is 0 Å². The molecular formula is C10H13NO4. The van der Waals surface area contributed by atoms with Crippen LogP contribution in [0.15, 0.2) is 18.2 Å². The number of phenols is 1. The lowest BCUT2D eigenvalue weighted by Crippen LogP contribution is -2.26. The van der Waals surface area contributed by atoms with E-state index in [-0.39, 0.29) is 17.2 Å². The highest BCUT2D eigenvalue weighted by Crippen LogP contribution is 2.30. The number of carboxylic acids is 1. The minimum absolute atomic E-state index is 0.0530. The summed E-state index contributed by atoms with van der Waals surface area (Å²) in [5, 5.41) is 18.0. The molecule has 4 N–H and O–H groups in total. The normalized spacial score (nSPS) is 12.1. The third-order valence-corrected chi connectivity index (χ3v) is 1.96. The lowest BCUT2D eigenvalue weighted by Gasteiger charge is -2.14. The molecule has 0 aliphatic heterocycles. The summed E-state index contributed by atoms with van der Waals surface area (Å²) in [6.07, 6.45) is -0.626. The molecule has 0 spiro atoms. The van der Waals surface area contributed by atoms with Gasteiger partial charge in [0.15, 0.2) is 6.10 Å². The van der Waals surface area contributed by atoms with Gasteiger partial charge in [0.2, 0.25) is 0 Å². The molecule has 5 nitrogen and oxygen atoms in total. The smallest absolute Gasteiger partial charge is 0.344 e. The number of nitrogen functional groups attached to an aromatic ring is 1. The van der Waals surface area contributed by atoms with Crippen molar-refractivity contribution in [2.45, 2.75) is 19.4 Å². The zero-order valence-corrected chi connectivity index (χ0v) is 8.30. The number of anilines is 1. The summed E-state index contributed by atoms with van der Waals surface area (Å²) >= 11 is 0. The summed E-state index contributed by atoms with van der Waals surface area (Å²) < 4.78 is 5.15. The molecule has 82 valence electrons. The Bertz CT molecular complexity index is 364. The monoisotopic (exact) mass is 211 g/mol. The van der Waals surface area contributed by atoms with E-state index in [9.17, 15) is 9.90 Å². The summed E-state index contributed by atoms with van der Waals surface area (Å²) in [5.41, 5.74) is 5.57. The number of aliphatic carboxylic acids is 1. The second kappa shape index (κ2) is 4.54. The summed E-state index contributed by atoms with van der Waals surface area (Å²) in [4.78, 5) is 10.7. The minimum Gasteiger partial charge on any atom is -0.506 e. The van der Waals surface area contributed by atoms with Crippen molar-refractivity contribution in [2.75, 3.05) is 5.73 Å². The predicted molar refractivity (Wildman–Crippen MR) is 54.9 cm³/mol. The average Bonchev–Trinajstić information content (AvgIpc) is 2.19. The van der Waals surface area contributed by atoms with Crippen LogP contribution in [0.25, 0.3) is 0 Å². The zero-order chi connectivity index (χ0) is 11.4. The van der Waals surface area contributed by atoms with Gasteiger partial charge in [-0.3, -0.25) is 0 Å². The van der Waals surface area contributed by atoms with Crippen molar-refractivity contribution in [2.24, 2.45) is 0 Å². The fourth-order valence-electron chi connectivity index (χ4n) is 1.10. The van der Waals surface area contributed by atoms with Gasteiger partial charge >= 0.3 is 5.97 Å². The number of phenolic OH excluding ortho intramolecular Hbond substituents is 1. The van der Waals surface area contributed by atoms with Crippen molar-refractivity contribution in [1.82, 2.24) is 0 Å². The molecule has 5 heteroatoms. The van der Waals surface area contributed by atoms with Crippen molar-refractivity contribution in [3.8, 4) is 11.5 Å². The van der Waals surface area contributed by atoms with Crippen molar-refractivity contribution < 1.29 is 19.7 Å². The zero-order valence-electron chi connectivity index (χ0n) is 8.30. The molecule has 0 fully saturated rings. The highest BCUT2D eigenvalue weighted by Gasteiger charge is 2.18. The van der Waals surface area contributed by atoms with E-state index in [1.165, 1.54) is 18.2 Å². The van der Waals surface area contributed by atoms with Crippen LogP contribution in [0, 0.1) is 0 Å². The first kappa shape index (κ1) is 11.2. The summed E-state index contributed by atoms with van der Waals surface area (Å²) in [6.45, 7) is 1.69. The maximum absolute atomic E-state index is 10.7. The Morgan fingerprint density at radius 1 is 1.60 bits per heavy atom. The van der Waals surface area contributed by atoms with Gasteiger partial charge in [-0.05, 0) is 18.6 Å². The third kappa shape index (κ3) is 2.52. The summed E-state index contributed by atoms with van der Waals surface area (Å²) in [6, 6.07) is 4.46. The van der Waals surface area contributed by atoms with Gasteiger partial charge in [-0.2, -0.15) is 0 Å². The molecule has 1 aromatic rings. The lowest BCUT2D eigenvalue weighted by atomic mass is 10.2. The number of nitrogens with two attached hydrogens (primary N) is 1. The fraction of sp³-hybridized carbons (Fsp3) is 0.300. The van der Waals surface area contributed by atoms with Crippen molar-refractivity contribution in [1.29, 1.82) is 0 Å². The van der Waals surface area contributed by atoms with Crippen molar-refractivity contribution >= 4 is 11.7 Å². The van der Waals surface area contributed by atoms with E-state index in [0.29, 0.717) is 6.42 Å². The molecule has 0 radical (unpaired) electrons. The maximum Gasteiger partial charge on any atom is 0.344 e. The number of hydrogen-bond acceptors (Lipinski definition) is 4. The Labute approximate surface area is 87.1 Å². The number of para-hydroxylation sites is 1. The molecule has 0 amide bonds. The van der Waals surface area contributed by atoms with Crippen LogP contribution in [0.1, 0.15) is 13.3 Å². The highest BCUT2D eigenvalue weighted by atomic mass is 16.5. The molecule has 0 bridgehead atoms. The molecule has 15 heavy (non-hydrogen) atoms. The Morgan fingerprint density at radius 3 is 2.80 bits per heavy atom. The van der Waals surface area contributed by atoms with Gasteiger partial charge in [-0.1, -0.05) is 13.0 Å². The van der Waals surface area contributed by atoms with Gasteiger partial charge in [0.1, 0.15) is 17.2 Å². The molecule has 0 aromatic heterocycles. The highest BCUT2D eigenvalue weighted by molar-refractivity contribution is 5.73. The Morgan fingerprint density at radius 2 is 2.27 bits per heavy atom. The topological polar surface area (TPSA) is 92.8 Å². The first-order chi connectivity index (χ1) is 7.06. The van der Waals surface area contributed by atoms with Gasteiger partial charge in [0, 0.05) is 0 Å². The molecule has 0 saturated carbocycles. The molecule has 1 unspecified atom stereocenters. The van der Waals surface area contributed by atoms with Crippen LogP contribution in [0.5, 0.6) is 11.5 Å². The van der Waals surface area contributed by atoms with Gasteiger partial charge in [-0.15, -0.1) is 0 Å². The number of benzene rings is 1. The molecule has 1 aromatic carbocycles. The quantitative estimate of drug-likeness (QED) is 0.514. The largest absolute Gasteiger partial charge is 0.506 e. The number of carboxylic acid groups (broad SMARTS) is 1. The van der Waals surface area contributed by atoms with Crippen molar-refractivity contribution in [3.63, 3.8) is 0 Å². The van der Waals surface area contributed by atoms with Gasteiger partial charge in [0.05, 0.1) is 0 Å². The Kier molecular flexibility index (Phi) is 3.38. The van der Waals surface area contributed by atoms with Crippen LogP contribution < -0.4 is 10.5 Å². The van der Waals surface area contributed by atoms with Gasteiger partial charge in [0.25, 0.3) is 0 Å². The summed E-state index contributed by atoms with van der Waals surface area (Å²) in [7, 11) is 0. The fourth-order valence-corrected chi connectivity index (χ4v) is 1.10. The standard InChI is InChI=1S/C10H13NO4/c1-2-7(10(13)14)15-8-5-3-4-6(12)9(8)11/h3-5,7,12H,2,11H2,1H3,(H,13,14). The van der Waals surface area contributed by atoms with Crippen LogP contribution in [0.3, 0.4) is 0 Å². The minimum atomic E-state index is -1.06. The Balaban J connectivity index is 2.88. The van der Waals surface area contributed by atoms with E-state index in [0.717, 1.165) is 0 Å². The Hall–Kier alpha value is -1.91. The second-order valence-corrected chi connectivity index (χ2v) is 3.04. The van der Waals surface area contributed by atoms with E-state index in [1.54, 1.807) is 6.92 Å². The second-order valence-electron chi connectivity index (χ2n) is 3.04. The van der Waals surface area contributed by atoms with E-state index in [1.807, 2.05) is 0 Å². The molecule has 0 aliphatic carbocycles. The van der Waals surface area contributed by atoms with Crippen LogP contribution in [-0.4, -0.2) is 22.3 Å². The van der Waals surface area contributed by atoms with Crippen LogP contribution in [0.2, 0.25) is 0 Å². The van der Waals surface area contributed by atoms with E-state index < -0.39 is 12.1 Å². The molecular weight excluding hydrogens is 198 g/mol. The number of aromatic hydroxyl groups is 1. The average molecular weight is 211 g/mol. The van der Waals surface area contributed by atoms with Gasteiger partial charge in [-0.25, -0.2) is 4.79 Å². The first-order valence-corrected chi connectivity index (χ1v) is 4.53. The third-order valence-electron chi connectivity index (χ3n) is 1.96. The SMILES string of the molecule is CCC(Oc1cccc(O)c1N)C(=O)O. The first-order valence-electron chi connectivity index (χ1n) is 4.53. The van der Waals surface area contributed by atoms with Crippen LogP contribution in [0.4, 0.5) is 5.69 Å². The maximum atomic E-state index is 10.7. The van der Waals surface area contributed by atoms with E-state index in [2.05, 4.69) is 0 Å². The number of hydrogen-bond donors (Lipinski definition) is 3.